The number of rotatable bonds is 4. The molecule has 5 rings (SSSR count). The molecule has 4 saturated carbocycles. The van der Waals surface area contributed by atoms with Gasteiger partial charge in [-0.25, -0.2) is 4.79 Å². The molecule has 1 heterocycles. The first-order chi connectivity index (χ1) is 16.4. The second-order valence-corrected chi connectivity index (χ2v) is 13.4. The third-order valence-electron chi connectivity index (χ3n) is 11.9. The van der Waals surface area contributed by atoms with E-state index in [0.717, 1.165) is 63.4 Å². The Labute approximate surface area is 211 Å². The van der Waals surface area contributed by atoms with Crippen LogP contribution in [0.5, 0.6) is 0 Å². The topological polar surface area (TPSA) is 92.9 Å². The van der Waals surface area contributed by atoms with Crippen molar-refractivity contribution in [1.29, 1.82) is 0 Å². The highest BCUT2D eigenvalue weighted by atomic mass is 16.5. The van der Waals surface area contributed by atoms with E-state index in [1.165, 1.54) is 0 Å². The summed E-state index contributed by atoms with van der Waals surface area (Å²) in [4.78, 5) is 26.7. The maximum atomic E-state index is 12.9. The third kappa shape index (κ3) is 3.64. The van der Waals surface area contributed by atoms with Gasteiger partial charge in [0.25, 0.3) is 0 Å². The molecule has 9 atom stereocenters. The SMILES string of the molecule is CC(C)[C@H](N)C(=O)N(C)[C@H]1CC[C@@]2(C)[C@H](CC[C@@H]3[C@@H]2CC[C@]2(C)[C@@H](C4=CC(=O)OC4)CC[C@]32O)C1. The van der Waals surface area contributed by atoms with E-state index in [2.05, 4.69) is 13.8 Å². The van der Waals surface area contributed by atoms with Crippen molar-refractivity contribution in [2.45, 2.75) is 103 Å². The Kier molecular flexibility index (Phi) is 6.19. The zero-order chi connectivity index (χ0) is 25.3. The normalized spacial score (nSPS) is 45.8. The van der Waals surface area contributed by atoms with E-state index < -0.39 is 11.6 Å². The first-order valence-electron chi connectivity index (χ1n) is 14.0. The van der Waals surface area contributed by atoms with Gasteiger partial charge in [0.05, 0.1) is 11.6 Å². The number of ether oxygens (including phenoxy) is 1. The third-order valence-corrected chi connectivity index (χ3v) is 11.9. The highest BCUT2D eigenvalue weighted by Crippen LogP contribution is 2.70. The number of fused-ring (bicyclic) bond motifs is 5. The van der Waals surface area contributed by atoms with E-state index >= 15 is 0 Å². The maximum absolute atomic E-state index is 12.9. The fourth-order valence-corrected chi connectivity index (χ4v) is 9.44. The van der Waals surface area contributed by atoms with Crippen LogP contribution in [0, 0.1) is 40.4 Å². The monoisotopic (exact) mass is 486 g/mol. The molecule has 0 saturated heterocycles. The van der Waals surface area contributed by atoms with Crippen molar-refractivity contribution in [2.24, 2.45) is 46.2 Å². The van der Waals surface area contributed by atoms with Crippen LogP contribution < -0.4 is 5.73 Å². The van der Waals surface area contributed by atoms with E-state index in [1.54, 1.807) is 6.08 Å². The number of nitrogens with zero attached hydrogens (tertiary/aromatic N) is 1. The largest absolute Gasteiger partial charge is 0.458 e. The van der Waals surface area contributed by atoms with Gasteiger partial charge in [0.15, 0.2) is 0 Å². The molecule has 4 aliphatic carbocycles. The lowest BCUT2D eigenvalue weighted by atomic mass is 9.43. The second-order valence-electron chi connectivity index (χ2n) is 13.4. The van der Waals surface area contributed by atoms with Crippen LogP contribution in [0.4, 0.5) is 0 Å². The van der Waals surface area contributed by atoms with Gasteiger partial charge in [0.2, 0.25) is 5.91 Å². The van der Waals surface area contributed by atoms with Gasteiger partial charge in [-0.3, -0.25) is 4.79 Å². The first-order valence-corrected chi connectivity index (χ1v) is 14.0. The molecule has 0 aromatic carbocycles. The van der Waals surface area contributed by atoms with Crippen molar-refractivity contribution >= 4 is 11.9 Å². The fourth-order valence-electron chi connectivity index (χ4n) is 9.44. The molecule has 3 N–H and O–H groups in total. The van der Waals surface area contributed by atoms with Crippen molar-refractivity contribution in [3.05, 3.63) is 11.6 Å². The Bertz CT molecular complexity index is 916. The molecule has 1 amide bonds. The summed E-state index contributed by atoms with van der Waals surface area (Å²) >= 11 is 0. The van der Waals surface area contributed by atoms with Crippen LogP contribution >= 0.6 is 0 Å². The van der Waals surface area contributed by atoms with Gasteiger partial charge in [-0.15, -0.1) is 0 Å². The van der Waals surface area contributed by atoms with E-state index in [1.807, 2.05) is 25.8 Å². The Morgan fingerprint density at radius 1 is 1.11 bits per heavy atom. The van der Waals surface area contributed by atoms with Crippen LogP contribution in [0.25, 0.3) is 0 Å². The summed E-state index contributed by atoms with van der Waals surface area (Å²) < 4.78 is 5.25. The Balaban J connectivity index is 1.33. The smallest absolute Gasteiger partial charge is 0.331 e. The lowest BCUT2D eigenvalue weighted by Gasteiger charge is -2.64. The number of hydrogen-bond donors (Lipinski definition) is 2. The molecule has 0 radical (unpaired) electrons. The number of cyclic esters (lactones) is 1. The molecule has 196 valence electrons. The molecular weight excluding hydrogens is 440 g/mol. The van der Waals surface area contributed by atoms with Crippen LogP contribution in [-0.2, 0) is 14.3 Å². The van der Waals surface area contributed by atoms with E-state index in [9.17, 15) is 14.7 Å². The van der Waals surface area contributed by atoms with E-state index in [0.29, 0.717) is 24.4 Å². The molecule has 0 aromatic heterocycles. The Morgan fingerprint density at radius 3 is 2.51 bits per heavy atom. The van der Waals surface area contributed by atoms with Crippen LogP contribution in [0.3, 0.4) is 0 Å². The lowest BCUT2D eigenvalue weighted by molar-refractivity contribution is -0.206. The van der Waals surface area contributed by atoms with Crippen molar-refractivity contribution < 1.29 is 19.4 Å². The number of carbonyl (C=O) groups excluding carboxylic acids is 2. The predicted molar refractivity (Wildman–Crippen MR) is 135 cm³/mol. The fraction of sp³-hybridized carbons (Fsp3) is 0.862. The molecule has 1 aliphatic heterocycles. The maximum Gasteiger partial charge on any atom is 0.331 e. The standard InChI is InChI=1S/C29H46N2O4/c1-17(2)25(30)26(33)31(5)20-8-11-27(3)19(15-20)6-7-23-22(27)9-12-28(4)21(10-13-29(23,28)34)18-14-24(32)35-16-18/h14,17,19-23,25,34H,6-13,15-16,30H2,1-5H3/t19-,20+,21-,22+,23-,25+,27+,28-,29+/m1/s1. The number of nitrogens with two attached hydrogens (primary N) is 1. The first kappa shape index (κ1) is 25.3. The summed E-state index contributed by atoms with van der Waals surface area (Å²) in [6.45, 7) is 9.19. The minimum atomic E-state index is -0.672. The Morgan fingerprint density at radius 2 is 1.86 bits per heavy atom. The quantitative estimate of drug-likeness (QED) is 0.585. The highest BCUT2D eigenvalue weighted by molar-refractivity contribution is 5.85. The van der Waals surface area contributed by atoms with E-state index in [4.69, 9.17) is 10.5 Å². The summed E-state index contributed by atoms with van der Waals surface area (Å²) in [5, 5.41) is 12.4. The molecule has 4 fully saturated rings. The van der Waals surface area contributed by atoms with Gasteiger partial charge >= 0.3 is 5.97 Å². The molecule has 0 unspecified atom stereocenters. The number of amides is 1. The molecular formula is C29H46N2O4. The summed E-state index contributed by atoms with van der Waals surface area (Å²) in [6, 6.07) is -0.165. The van der Waals surface area contributed by atoms with Gasteiger partial charge in [0, 0.05) is 24.6 Å². The number of esters is 1. The van der Waals surface area contributed by atoms with Crippen molar-refractivity contribution in [3.8, 4) is 0 Å². The van der Waals surface area contributed by atoms with Crippen LogP contribution in [0.15, 0.2) is 11.6 Å². The molecule has 35 heavy (non-hydrogen) atoms. The van der Waals surface area contributed by atoms with Crippen LogP contribution in [0.1, 0.15) is 85.5 Å². The molecule has 5 aliphatic rings. The van der Waals surface area contributed by atoms with Gasteiger partial charge in [-0.05, 0) is 98.4 Å². The average Bonchev–Trinajstić information content (AvgIpc) is 3.36. The van der Waals surface area contributed by atoms with E-state index in [-0.39, 0.29) is 40.6 Å². The molecule has 0 aromatic rings. The van der Waals surface area contributed by atoms with Gasteiger partial charge in [0.1, 0.15) is 6.61 Å². The number of hydrogen-bond acceptors (Lipinski definition) is 5. The van der Waals surface area contributed by atoms with Gasteiger partial charge in [-0.1, -0.05) is 27.7 Å². The molecule has 0 spiro atoms. The molecule has 0 bridgehead atoms. The lowest BCUT2D eigenvalue weighted by Crippen LogP contribution is -2.63. The highest BCUT2D eigenvalue weighted by Gasteiger charge is 2.67. The second kappa shape index (κ2) is 8.58. The molecule has 6 heteroatoms. The molecule has 6 nitrogen and oxygen atoms in total. The van der Waals surface area contributed by atoms with Crippen molar-refractivity contribution in [2.75, 3.05) is 13.7 Å². The number of likely N-dealkylation sites (N-methyl/N-ethyl adjacent to an activating group) is 1. The van der Waals surface area contributed by atoms with Gasteiger partial charge < -0.3 is 20.5 Å². The summed E-state index contributed by atoms with van der Waals surface area (Å²) in [5.74, 6) is 1.66. The number of aliphatic hydroxyl groups is 1. The summed E-state index contributed by atoms with van der Waals surface area (Å²) in [5.41, 5.74) is 6.65. The number of carbonyl (C=O) groups is 2. The van der Waals surface area contributed by atoms with Crippen molar-refractivity contribution in [1.82, 2.24) is 4.90 Å². The minimum Gasteiger partial charge on any atom is -0.458 e. The van der Waals surface area contributed by atoms with Crippen molar-refractivity contribution in [3.63, 3.8) is 0 Å². The van der Waals surface area contributed by atoms with Crippen LogP contribution in [0.2, 0.25) is 0 Å². The summed E-state index contributed by atoms with van der Waals surface area (Å²) in [7, 11) is 1.95. The average molecular weight is 487 g/mol. The van der Waals surface area contributed by atoms with Crippen LogP contribution in [-0.4, -0.2) is 53.2 Å². The minimum absolute atomic E-state index is 0.0747. The Hall–Kier alpha value is -1.40. The summed E-state index contributed by atoms with van der Waals surface area (Å²) in [6.07, 6.45) is 11.0. The zero-order valence-electron chi connectivity index (χ0n) is 22.4. The zero-order valence-corrected chi connectivity index (χ0v) is 22.4. The predicted octanol–water partition coefficient (Wildman–Crippen LogP) is 4.05. The van der Waals surface area contributed by atoms with Gasteiger partial charge in [-0.2, -0.15) is 0 Å².